The maximum absolute atomic E-state index is 12.7. The van der Waals surface area contributed by atoms with Gasteiger partial charge < -0.3 is 5.32 Å². The summed E-state index contributed by atoms with van der Waals surface area (Å²) in [5, 5.41) is 2.74. The molecule has 0 spiro atoms. The minimum Gasteiger partial charge on any atom is -0.356 e. The number of hydrogen-bond acceptors (Lipinski definition) is 3. The molecule has 0 unspecified atom stereocenters. The predicted molar refractivity (Wildman–Crippen MR) is 84.4 cm³/mol. The number of benzene rings is 1. The highest BCUT2D eigenvalue weighted by molar-refractivity contribution is 7.88. The van der Waals surface area contributed by atoms with Crippen LogP contribution < -0.4 is 5.32 Å². The summed E-state index contributed by atoms with van der Waals surface area (Å²) in [5.41, 5.74) is 0.936. The number of sulfonamides is 1. The zero-order valence-corrected chi connectivity index (χ0v) is 13.8. The Morgan fingerprint density at radius 1 is 1.23 bits per heavy atom. The molecule has 22 heavy (non-hydrogen) atoms. The van der Waals surface area contributed by atoms with Crippen molar-refractivity contribution in [2.75, 3.05) is 25.9 Å². The Balaban J connectivity index is 2.32. The number of nitrogens with zero attached hydrogens (tertiary/aromatic N) is 1. The van der Waals surface area contributed by atoms with E-state index in [1.165, 1.54) is 16.4 Å². The van der Waals surface area contributed by atoms with E-state index < -0.39 is 10.0 Å². The Hall–Kier alpha value is -1.47. The van der Waals surface area contributed by atoms with Crippen LogP contribution in [0.1, 0.15) is 25.3 Å². The largest absolute Gasteiger partial charge is 0.356 e. The minimum absolute atomic E-state index is 0.135. The van der Waals surface area contributed by atoms with Crippen molar-refractivity contribution >= 4 is 15.9 Å². The molecule has 1 aromatic rings. The first kappa shape index (κ1) is 18.6. The number of halogens is 1. The number of hydrogen-bond donors (Lipinski definition) is 1. The number of carbonyl (C=O) groups is 1. The fourth-order valence-electron chi connectivity index (χ4n) is 2.00. The maximum atomic E-state index is 12.7. The Kier molecular flexibility index (Phi) is 7.47. The SMILES string of the molecule is CCCN(CCC(=O)NCCc1ccc(F)cc1)S(C)(=O)=O. The monoisotopic (exact) mass is 330 g/mol. The fraction of sp³-hybridized carbons (Fsp3) is 0.533. The summed E-state index contributed by atoms with van der Waals surface area (Å²) < 4.78 is 37.1. The first-order valence-electron chi connectivity index (χ1n) is 7.29. The number of nitrogens with one attached hydrogen (secondary N) is 1. The Bertz CT molecular complexity index is 573. The molecule has 5 nitrogen and oxygen atoms in total. The third kappa shape index (κ3) is 7.00. The van der Waals surface area contributed by atoms with Gasteiger partial charge in [-0.15, -0.1) is 0 Å². The van der Waals surface area contributed by atoms with E-state index in [1.54, 1.807) is 12.1 Å². The lowest BCUT2D eigenvalue weighted by Crippen LogP contribution is -2.35. The molecule has 0 aliphatic rings. The standard InChI is InChI=1S/C15H23FN2O3S/c1-3-11-18(22(2,20)21)12-9-15(19)17-10-8-13-4-6-14(16)7-5-13/h4-7H,3,8-12H2,1-2H3,(H,17,19). The van der Waals surface area contributed by atoms with Crippen LogP contribution in [0.25, 0.3) is 0 Å². The van der Waals surface area contributed by atoms with Gasteiger partial charge in [0.15, 0.2) is 0 Å². The molecule has 0 bridgehead atoms. The van der Waals surface area contributed by atoms with Gasteiger partial charge in [0.05, 0.1) is 6.26 Å². The van der Waals surface area contributed by atoms with Crippen LogP contribution in [0.5, 0.6) is 0 Å². The van der Waals surface area contributed by atoms with Crippen molar-refractivity contribution in [3.05, 3.63) is 35.6 Å². The Morgan fingerprint density at radius 2 is 1.86 bits per heavy atom. The quantitative estimate of drug-likeness (QED) is 0.747. The van der Waals surface area contributed by atoms with Gasteiger partial charge in [0.2, 0.25) is 15.9 Å². The van der Waals surface area contributed by atoms with Crippen molar-refractivity contribution in [3.63, 3.8) is 0 Å². The van der Waals surface area contributed by atoms with E-state index >= 15 is 0 Å². The molecule has 0 heterocycles. The van der Waals surface area contributed by atoms with Crippen LogP contribution in [0.4, 0.5) is 4.39 Å². The van der Waals surface area contributed by atoms with E-state index in [-0.39, 0.29) is 24.7 Å². The summed E-state index contributed by atoms with van der Waals surface area (Å²) in [6.07, 6.45) is 2.60. The zero-order valence-electron chi connectivity index (χ0n) is 13.0. The van der Waals surface area contributed by atoms with Crippen molar-refractivity contribution in [2.24, 2.45) is 0 Å². The first-order chi connectivity index (χ1) is 10.3. The molecule has 0 fully saturated rings. The van der Waals surface area contributed by atoms with E-state index in [0.29, 0.717) is 25.9 Å². The summed E-state index contributed by atoms with van der Waals surface area (Å²) >= 11 is 0. The molecule has 124 valence electrons. The predicted octanol–water partition coefficient (Wildman–Crippen LogP) is 1.55. The van der Waals surface area contributed by atoms with Crippen molar-refractivity contribution in [2.45, 2.75) is 26.2 Å². The lowest BCUT2D eigenvalue weighted by molar-refractivity contribution is -0.121. The van der Waals surface area contributed by atoms with Crippen LogP contribution in [0.15, 0.2) is 24.3 Å². The summed E-state index contributed by atoms with van der Waals surface area (Å²) in [4.78, 5) is 11.7. The van der Waals surface area contributed by atoms with Crippen LogP contribution in [0.3, 0.4) is 0 Å². The smallest absolute Gasteiger partial charge is 0.221 e. The molecule has 1 N–H and O–H groups in total. The van der Waals surface area contributed by atoms with Crippen molar-refractivity contribution in [1.29, 1.82) is 0 Å². The summed E-state index contributed by atoms with van der Waals surface area (Å²) in [7, 11) is -3.27. The summed E-state index contributed by atoms with van der Waals surface area (Å²) in [6, 6.07) is 6.11. The van der Waals surface area contributed by atoms with Crippen LogP contribution in [0.2, 0.25) is 0 Å². The number of amides is 1. The number of carbonyl (C=O) groups excluding carboxylic acids is 1. The molecule has 0 atom stereocenters. The Morgan fingerprint density at radius 3 is 2.41 bits per heavy atom. The average Bonchev–Trinajstić information content (AvgIpc) is 2.44. The van der Waals surface area contributed by atoms with Gasteiger partial charge in [-0.2, -0.15) is 0 Å². The van der Waals surface area contributed by atoms with Crippen LogP contribution in [-0.4, -0.2) is 44.5 Å². The lowest BCUT2D eigenvalue weighted by atomic mass is 10.1. The van der Waals surface area contributed by atoms with Gasteiger partial charge in [-0.1, -0.05) is 19.1 Å². The molecule has 1 amide bonds. The van der Waals surface area contributed by atoms with Crippen molar-refractivity contribution in [3.8, 4) is 0 Å². The summed E-state index contributed by atoms with van der Waals surface area (Å²) in [5.74, 6) is -0.476. The van der Waals surface area contributed by atoms with Gasteiger partial charge in [-0.3, -0.25) is 4.79 Å². The normalized spacial score (nSPS) is 11.6. The topological polar surface area (TPSA) is 66.5 Å². The van der Waals surface area contributed by atoms with Gasteiger partial charge in [0.25, 0.3) is 0 Å². The van der Waals surface area contributed by atoms with E-state index in [0.717, 1.165) is 11.8 Å². The second-order valence-corrected chi connectivity index (χ2v) is 7.12. The molecule has 0 radical (unpaired) electrons. The fourth-order valence-corrected chi connectivity index (χ4v) is 2.94. The molecule has 0 saturated carbocycles. The second kappa shape index (κ2) is 8.85. The Labute approximate surface area is 131 Å². The molecule has 0 aliphatic heterocycles. The third-order valence-corrected chi connectivity index (χ3v) is 4.48. The highest BCUT2D eigenvalue weighted by atomic mass is 32.2. The molecule has 1 aromatic carbocycles. The maximum Gasteiger partial charge on any atom is 0.221 e. The molecule has 0 saturated heterocycles. The van der Waals surface area contributed by atoms with Gasteiger partial charge in [-0.05, 0) is 30.5 Å². The van der Waals surface area contributed by atoms with E-state index in [1.807, 2.05) is 6.92 Å². The second-order valence-electron chi connectivity index (χ2n) is 5.14. The van der Waals surface area contributed by atoms with Crippen LogP contribution in [-0.2, 0) is 21.2 Å². The molecule has 0 aromatic heterocycles. The van der Waals surface area contributed by atoms with Crippen molar-refractivity contribution in [1.82, 2.24) is 9.62 Å². The van der Waals surface area contributed by atoms with Crippen LogP contribution in [0, 0.1) is 5.82 Å². The van der Waals surface area contributed by atoms with Crippen molar-refractivity contribution < 1.29 is 17.6 Å². The van der Waals surface area contributed by atoms with E-state index in [4.69, 9.17) is 0 Å². The highest BCUT2D eigenvalue weighted by Gasteiger charge is 2.16. The molecular weight excluding hydrogens is 307 g/mol. The molecular formula is C15H23FN2O3S. The highest BCUT2D eigenvalue weighted by Crippen LogP contribution is 2.03. The van der Waals surface area contributed by atoms with E-state index in [9.17, 15) is 17.6 Å². The average molecular weight is 330 g/mol. The lowest BCUT2D eigenvalue weighted by Gasteiger charge is -2.18. The first-order valence-corrected chi connectivity index (χ1v) is 9.14. The van der Waals surface area contributed by atoms with Crippen LogP contribution >= 0.6 is 0 Å². The van der Waals surface area contributed by atoms with E-state index in [2.05, 4.69) is 5.32 Å². The number of rotatable bonds is 9. The molecule has 7 heteroatoms. The van der Waals surface area contributed by atoms with Gasteiger partial charge in [-0.25, -0.2) is 17.1 Å². The minimum atomic E-state index is -3.27. The molecule has 0 aliphatic carbocycles. The van der Waals surface area contributed by atoms with Gasteiger partial charge >= 0.3 is 0 Å². The van der Waals surface area contributed by atoms with Gasteiger partial charge in [0, 0.05) is 26.1 Å². The zero-order chi connectivity index (χ0) is 16.6. The third-order valence-electron chi connectivity index (χ3n) is 3.18. The molecule has 1 rings (SSSR count). The summed E-state index contributed by atoms with van der Waals surface area (Å²) in [6.45, 7) is 2.94. The van der Waals surface area contributed by atoms with Gasteiger partial charge in [0.1, 0.15) is 5.82 Å².